The summed E-state index contributed by atoms with van der Waals surface area (Å²) in [5.74, 6) is 2.46. The third-order valence-corrected chi connectivity index (χ3v) is 3.76. The highest BCUT2D eigenvalue weighted by Crippen LogP contribution is 2.37. The van der Waals surface area contributed by atoms with Gasteiger partial charge >= 0.3 is 0 Å². The molecule has 0 unspecified atom stereocenters. The summed E-state index contributed by atoms with van der Waals surface area (Å²) in [4.78, 5) is 12.6. The van der Waals surface area contributed by atoms with E-state index < -0.39 is 0 Å². The van der Waals surface area contributed by atoms with Gasteiger partial charge in [-0.05, 0) is 38.1 Å². The zero-order valence-electron chi connectivity index (χ0n) is 14.5. The molecule has 1 heterocycles. The van der Waals surface area contributed by atoms with Crippen LogP contribution in [-0.4, -0.2) is 26.1 Å². The monoisotopic (exact) mass is 340 g/mol. The van der Waals surface area contributed by atoms with Crippen LogP contribution in [0, 0.1) is 0 Å². The lowest BCUT2D eigenvalue weighted by Crippen LogP contribution is -2.02. The van der Waals surface area contributed by atoms with Gasteiger partial charge in [-0.25, -0.2) is 0 Å². The molecule has 2 aromatic carbocycles. The zero-order chi connectivity index (χ0) is 17.8. The summed E-state index contributed by atoms with van der Waals surface area (Å²) in [6.45, 7) is 4.83. The van der Waals surface area contributed by atoms with E-state index >= 15 is 0 Å². The topological polar surface area (TPSA) is 54.0 Å². The van der Waals surface area contributed by atoms with Gasteiger partial charge in [0.05, 0.1) is 25.9 Å². The SMILES string of the molecule is CCOc1cccc(/C=C2\Oc3cc(OC)ccc3C2=O)c1OCC. The molecular formula is C20H20O5. The standard InChI is InChI=1S/C20H20O5/c1-4-23-16-8-6-7-13(20(16)24-5-2)11-18-19(21)15-10-9-14(22-3)12-17(15)25-18/h6-12H,4-5H2,1-3H3/b18-11-. The van der Waals surface area contributed by atoms with Crippen molar-refractivity contribution in [1.82, 2.24) is 0 Å². The lowest BCUT2D eigenvalue weighted by molar-refractivity contribution is 0.101. The Bertz CT molecular complexity index is 823. The van der Waals surface area contributed by atoms with Crippen molar-refractivity contribution < 1.29 is 23.7 Å². The highest BCUT2D eigenvalue weighted by molar-refractivity contribution is 6.14. The van der Waals surface area contributed by atoms with Gasteiger partial charge in [0.1, 0.15) is 11.5 Å². The first-order valence-corrected chi connectivity index (χ1v) is 8.18. The second-order valence-corrected chi connectivity index (χ2v) is 5.34. The van der Waals surface area contributed by atoms with Crippen LogP contribution in [0.15, 0.2) is 42.2 Å². The fourth-order valence-electron chi connectivity index (χ4n) is 2.65. The molecule has 0 N–H and O–H groups in total. The van der Waals surface area contributed by atoms with Crippen LogP contribution < -0.4 is 18.9 Å². The van der Waals surface area contributed by atoms with E-state index in [-0.39, 0.29) is 11.5 Å². The Morgan fingerprint density at radius 2 is 1.88 bits per heavy atom. The van der Waals surface area contributed by atoms with Crippen molar-refractivity contribution in [3.8, 4) is 23.0 Å². The lowest BCUT2D eigenvalue weighted by Gasteiger charge is -2.13. The zero-order valence-corrected chi connectivity index (χ0v) is 14.5. The van der Waals surface area contributed by atoms with Crippen molar-refractivity contribution in [2.24, 2.45) is 0 Å². The van der Waals surface area contributed by atoms with Crippen molar-refractivity contribution in [3.63, 3.8) is 0 Å². The Balaban J connectivity index is 1.99. The van der Waals surface area contributed by atoms with Gasteiger partial charge < -0.3 is 18.9 Å². The Labute approximate surface area is 146 Å². The number of methoxy groups -OCH3 is 1. The smallest absolute Gasteiger partial charge is 0.231 e. The van der Waals surface area contributed by atoms with Crippen molar-refractivity contribution >= 4 is 11.9 Å². The number of carbonyl (C=O) groups excluding carboxylic acids is 1. The minimum Gasteiger partial charge on any atom is -0.497 e. The molecule has 3 rings (SSSR count). The fraction of sp³-hybridized carbons (Fsp3) is 0.250. The van der Waals surface area contributed by atoms with Gasteiger partial charge in [-0.15, -0.1) is 0 Å². The molecule has 0 radical (unpaired) electrons. The molecule has 0 aromatic heterocycles. The maximum absolute atomic E-state index is 12.6. The number of ether oxygens (including phenoxy) is 4. The number of fused-ring (bicyclic) bond motifs is 1. The van der Waals surface area contributed by atoms with Crippen molar-refractivity contribution in [1.29, 1.82) is 0 Å². The maximum Gasteiger partial charge on any atom is 0.231 e. The summed E-state index contributed by atoms with van der Waals surface area (Å²) in [6, 6.07) is 10.7. The van der Waals surface area contributed by atoms with Crippen LogP contribution in [0.25, 0.3) is 6.08 Å². The average Bonchev–Trinajstić information content (AvgIpc) is 2.93. The molecule has 0 amide bonds. The number of rotatable bonds is 6. The summed E-state index contributed by atoms with van der Waals surface area (Å²) < 4.78 is 22.2. The van der Waals surface area contributed by atoms with Crippen molar-refractivity contribution in [3.05, 3.63) is 53.3 Å². The lowest BCUT2D eigenvalue weighted by atomic mass is 10.1. The molecule has 2 aromatic rings. The molecule has 0 fully saturated rings. The summed E-state index contributed by atoms with van der Waals surface area (Å²) in [7, 11) is 1.57. The molecule has 130 valence electrons. The Morgan fingerprint density at radius 3 is 2.60 bits per heavy atom. The normalized spacial score (nSPS) is 14.2. The predicted molar refractivity (Wildman–Crippen MR) is 94.7 cm³/mol. The van der Waals surface area contributed by atoms with Crippen LogP contribution in [0.4, 0.5) is 0 Å². The second kappa shape index (κ2) is 7.30. The van der Waals surface area contributed by atoms with Gasteiger partial charge in [-0.1, -0.05) is 12.1 Å². The summed E-state index contributed by atoms with van der Waals surface area (Å²) in [5, 5.41) is 0. The largest absolute Gasteiger partial charge is 0.497 e. The second-order valence-electron chi connectivity index (χ2n) is 5.34. The third kappa shape index (κ3) is 3.31. The third-order valence-electron chi connectivity index (χ3n) is 3.76. The minimum absolute atomic E-state index is 0.165. The van der Waals surface area contributed by atoms with E-state index in [9.17, 15) is 4.79 Å². The van der Waals surface area contributed by atoms with Gasteiger partial charge in [-0.2, -0.15) is 0 Å². The van der Waals surface area contributed by atoms with Crippen LogP contribution >= 0.6 is 0 Å². The van der Waals surface area contributed by atoms with Gasteiger partial charge in [0.2, 0.25) is 5.78 Å². The molecule has 0 bridgehead atoms. The van der Waals surface area contributed by atoms with Crippen LogP contribution in [-0.2, 0) is 0 Å². The van der Waals surface area contributed by atoms with E-state index in [4.69, 9.17) is 18.9 Å². The van der Waals surface area contributed by atoms with E-state index in [0.29, 0.717) is 41.8 Å². The molecule has 5 nitrogen and oxygen atoms in total. The van der Waals surface area contributed by atoms with Gasteiger partial charge in [-0.3, -0.25) is 4.79 Å². The number of para-hydroxylation sites is 1. The first-order chi connectivity index (χ1) is 12.2. The number of hydrogen-bond acceptors (Lipinski definition) is 5. The van der Waals surface area contributed by atoms with Gasteiger partial charge in [0.15, 0.2) is 17.3 Å². The van der Waals surface area contributed by atoms with Crippen LogP contribution in [0.3, 0.4) is 0 Å². The molecule has 5 heteroatoms. The number of allylic oxidation sites excluding steroid dienone is 1. The molecule has 0 spiro atoms. The van der Waals surface area contributed by atoms with E-state index in [1.807, 2.05) is 32.0 Å². The molecule has 0 aliphatic carbocycles. The Hall–Kier alpha value is -2.95. The maximum atomic E-state index is 12.6. The van der Waals surface area contributed by atoms with E-state index in [2.05, 4.69) is 0 Å². The van der Waals surface area contributed by atoms with E-state index in [1.165, 1.54) is 0 Å². The fourth-order valence-corrected chi connectivity index (χ4v) is 2.65. The van der Waals surface area contributed by atoms with E-state index in [0.717, 1.165) is 5.56 Å². The molecule has 1 aliphatic rings. The van der Waals surface area contributed by atoms with Crippen LogP contribution in [0.2, 0.25) is 0 Å². The van der Waals surface area contributed by atoms with Crippen LogP contribution in [0.1, 0.15) is 29.8 Å². The number of carbonyl (C=O) groups is 1. The summed E-state index contributed by atoms with van der Waals surface area (Å²) in [6.07, 6.45) is 1.68. The molecule has 0 atom stereocenters. The Morgan fingerprint density at radius 1 is 1.08 bits per heavy atom. The first kappa shape index (κ1) is 16.9. The number of Topliss-reactive ketones (excluding diaryl/α,β-unsaturated/α-hetero) is 1. The van der Waals surface area contributed by atoms with Gasteiger partial charge in [0.25, 0.3) is 0 Å². The van der Waals surface area contributed by atoms with Gasteiger partial charge in [0, 0.05) is 11.6 Å². The number of benzene rings is 2. The highest BCUT2D eigenvalue weighted by atomic mass is 16.5. The quantitative estimate of drug-likeness (QED) is 0.741. The number of ketones is 1. The van der Waals surface area contributed by atoms with E-state index in [1.54, 1.807) is 31.4 Å². The summed E-state index contributed by atoms with van der Waals surface area (Å²) >= 11 is 0. The molecule has 25 heavy (non-hydrogen) atoms. The number of hydrogen-bond donors (Lipinski definition) is 0. The minimum atomic E-state index is -0.165. The average molecular weight is 340 g/mol. The van der Waals surface area contributed by atoms with Crippen LogP contribution in [0.5, 0.6) is 23.0 Å². The molecule has 1 aliphatic heterocycles. The Kier molecular flexibility index (Phi) is 4.93. The molecule has 0 saturated carbocycles. The molecular weight excluding hydrogens is 320 g/mol. The summed E-state index contributed by atoms with van der Waals surface area (Å²) in [5.41, 5.74) is 1.25. The first-order valence-electron chi connectivity index (χ1n) is 8.18. The van der Waals surface area contributed by atoms with Crippen molar-refractivity contribution in [2.75, 3.05) is 20.3 Å². The van der Waals surface area contributed by atoms with Crippen molar-refractivity contribution in [2.45, 2.75) is 13.8 Å². The highest BCUT2D eigenvalue weighted by Gasteiger charge is 2.28. The predicted octanol–water partition coefficient (Wildman–Crippen LogP) is 4.11. The molecule has 0 saturated heterocycles.